The molecule has 0 saturated heterocycles. The second-order valence-corrected chi connectivity index (χ2v) is 15.3. The van der Waals surface area contributed by atoms with Crippen molar-refractivity contribution in [3.63, 3.8) is 0 Å². The maximum Gasteiger partial charge on any atom is 0.165 e. The minimum absolute atomic E-state index is 0.245. The first kappa shape index (κ1) is 33.8. The van der Waals surface area contributed by atoms with E-state index >= 15 is 0 Å². The fourth-order valence-corrected chi connectivity index (χ4v) is 9.12. The summed E-state index contributed by atoms with van der Waals surface area (Å²) in [6.45, 7) is 2.37. The van der Waals surface area contributed by atoms with E-state index in [-0.39, 0.29) is 5.41 Å². The van der Waals surface area contributed by atoms with Crippen LogP contribution in [0, 0.1) is 0 Å². The Bertz CT molecular complexity index is 3170. The molecule has 1 unspecified atom stereocenters. The average molecular weight is 740 g/mol. The quantitative estimate of drug-likeness (QED) is 0.170. The Balaban J connectivity index is 1.05. The van der Waals surface area contributed by atoms with E-state index in [4.69, 9.17) is 15.0 Å². The van der Waals surface area contributed by atoms with Crippen molar-refractivity contribution >= 4 is 21.5 Å². The zero-order valence-electron chi connectivity index (χ0n) is 32.0. The highest BCUT2D eigenvalue weighted by Gasteiger charge is 2.41. The zero-order valence-corrected chi connectivity index (χ0v) is 32.0. The van der Waals surface area contributed by atoms with E-state index < -0.39 is 0 Å². The van der Waals surface area contributed by atoms with Crippen molar-refractivity contribution in [1.29, 1.82) is 0 Å². The van der Waals surface area contributed by atoms with Crippen molar-refractivity contribution in [3.8, 4) is 67.5 Å². The smallest absolute Gasteiger partial charge is 0.165 e. The standard InChI is InChI=1S/C55H37N3/c1-55(43-21-9-4-10-22-43)48-26-14-13-24-47(48)50-45(25-15-27-49(50)55)41-30-28-40-35-42(31-29-39(40)34-41)53-56-52(38-19-7-3-8-20-38)57-54(58-53)51-44-23-12-11-18-37(44)32-33-46(51)36-16-5-2-6-17-36/h2-35H,1H3. The Labute approximate surface area is 338 Å². The van der Waals surface area contributed by atoms with Crippen molar-refractivity contribution in [1.82, 2.24) is 15.0 Å². The van der Waals surface area contributed by atoms with Gasteiger partial charge in [-0.15, -0.1) is 0 Å². The Kier molecular flexibility index (Phi) is 7.94. The minimum atomic E-state index is -0.245. The van der Waals surface area contributed by atoms with Gasteiger partial charge < -0.3 is 0 Å². The highest BCUT2D eigenvalue weighted by atomic mass is 15.0. The molecule has 0 radical (unpaired) electrons. The predicted molar refractivity (Wildman–Crippen MR) is 239 cm³/mol. The monoisotopic (exact) mass is 739 g/mol. The molecule has 3 heteroatoms. The molecule has 0 aliphatic heterocycles. The summed E-state index contributed by atoms with van der Waals surface area (Å²) in [4.78, 5) is 15.6. The summed E-state index contributed by atoms with van der Waals surface area (Å²) in [7, 11) is 0. The molecule has 0 spiro atoms. The third kappa shape index (κ3) is 5.47. The van der Waals surface area contributed by atoms with Crippen LogP contribution in [0.3, 0.4) is 0 Å². The van der Waals surface area contributed by atoms with Crippen LogP contribution < -0.4 is 0 Å². The van der Waals surface area contributed by atoms with E-state index in [0.717, 1.165) is 49.4 Å². The summed E-state index contributed by atoms with van der Waals surface area (Å²) in [5, 5.41) is 4.53. The van der Waals surface area contributed by atoms with Gasteiger partial charge in [0.15, 0.2) is 17.5 Å². The number of rotatable bonds is 6. The predicted octanol–water partition coefficient (Wildman–Crippen LogP) is 13.8. The van der Waals surface area contributed by atoms with Gasteiger partial charge in [-0.05, 0) is 90.7 Å². The van der Waals surface area contributed by atoms with Gasteiger partial charge in [-0.3, -0.25) is 0 Å². The van der Waals surface area contributed by atoms with Gasteiger partial charge in [0.05, 0.1) is 0 Å². The summed E-state index contributed by atoms with van der Waals surface area (Å²) >= 11 is 0. The van der Waals surface area contributed by atoms with Gasteiger partial charge in [0.1, 0.15) is 0 Å². The van der Waals surface area contributed by atoms with Crippen LogP contribution in [0.4, 0.5) is 0 Å². The van der Waals surface area contributed by atoms with E-state index in [1.165, 1.54) is 38.9 Å². The van der Waals surface area contributed by atoms with Crippen LogP contribution >= 0.6 is 0 Å². The third-order valence-corrected chi connectivity index (χ3v) is 12.0. The lowest BCUT2D eigenvalue weighted by atomic mass is 9.74. The van der Waals surface area contributed by atoms with Gasteiger partial charge >= 0.3 is 0 Å². The summed E-state index contributed by atoms with van der Waals surface area (Å²) in [5.74, 6) is 1.93. The molecule has 10 aromatic rings. The molecular weight excluding hydrogens is 703 g/mol. The second kappa shape index (κ2) is 13.6. The van der Waals surface area contributed by atoms with Crippen molar-refractivity contribution in [2.24, 2.45) is 0 Å². The molecule has 9 aromatic carbocycles. The lowest BCUT2D eigenvalue weighted by Gasteiger charge is -2.28. The molecule has 0 amide bonds. The molecule has 1 atom stereocenters. The van der Waals surface area contributed by atoms with Crippen molar-refractivity contribution in [3.05, 3.63) is 223 Å². The molecule has 1 aliphatic rings. The maximum absolute atomic E-state index is 5.28. The van der Waals surface area contributed by atoms with Gasteiger partial charge in [0.2, 0.25) is 0 Å². The van der Waals surface area contributed by atoms with Crippen LogP contribution in [-0.4, -0.2) is 15.0 Å². The molecule has 0 saturated carbocycles. The molecule has 0 N–H and O–H groups in total. The van der Waals surface area contributed by atoms with Crippen LogP contribution in [0.25, 0.3) is 89.1 Å². The normalized spacial score (nSPS) is 14.4. The molecule has 58 heavy (non-hydrogen) atoms. The molecule has 272 valence electrons. The van der Waals surface area contributed by atoms with E-state index in [1.54, 1.807) is 0 Å². The zero-order chi connectivity index (χ0) is 38.6. The Morgan fingerprint density at radius 1 is 0.328 bits per heavy atom. The first-order valence-electron chi connectivity index (χ1n) is 19.9. The number of benzene rings is 9. The molecule has 11 rings (SSSR count). The fourth-order valence-electron chi connectivity index (χ4n) is 9.12. The van der Waals surface area contributed by atoms with Crippen LogP contribution in [0.2, 0.25) is 0 Å². The van der Waals surface area contributed by atoms with E-state index in [2.05, 4.69) is 195 Å². The molecule has 1 aromatic heterocycles. The highest BCUT2D eigenvalue weighted by Crippen LogP contribution is 2.55. The number of hydrogen-bond acceptors (Lipinski definition) is 3. The van der Waals surface area contributed by atoms with Crippen LogP contribution in [0.1, 0.15) is 23.6 Å². The van der Waals surface area contributed by atoms with Crippen molar-refractivity contribution < 1.29 is 0 Å². The second-order valence-electron chi connectivity index (χ2n) is 15.3. The summed E-state index contributed by atoms with van der Waals surface area (Å²) in [6, 6.07) is 73.6. The van der Waals surface area contributed by atoms with E-state index in [9.17, 15) is 0 Å². The first-order chi connectivity index (χ1) is 28.6. The Hall–Kier alpha value is -7.49. The van der Waals surface area contributed by atoms with Gasteiger partial charge in [0, 0.05) is 22.1 Å². The minimum Gasteiger partial charge on any atom is -0.208 e. The molecule has 1 heterocycles. The van der Waals surface area contributed by atoms with Gasteiger partial charge in [-0.2, -0.15) is 0 Å². The maximum atomic E-state index is 5.28. The van der Waals surface area contributed by atoms with Gasteiger partial charge in [-0.1, -0.05) is 194 Å². The van der Waals surface area contributed by atoms with Crippen molar-refractivity contribution in [2.45, 2.75) is 12.3 Å². The average Bonchev–Trinajstić information content (AvgIpc) is 3.57. The molecular formula is C55H37N3. The molecule has 0 bridgehead atoms. The van der Waals surface area contributed by atoms with E-state index in [1.807, 2.05) is 18.2 Å². The van der Waals surface area contributed by atoms with Gasteiger partial charge in [-0.25, -0.2) is 15.0 Å². The molecule has 0 fully saturated rings. The third-order valence-electron chi connectivity index (χ3n) is 12.0. The summed E-state index contributed by atoms with van der Waals surface area (Å²) in [5.41, 5.74) is 13.9. The number of aromatic nitrogens is 3. The first-order valence-corrected chi connectivity index (χ1v) is 19.9. The van der Waals surface area contributed by atoms with Crippen LogP contribution in [0.15, 0.2) is 206 Å². The van der Waals surface area contributed by atoms with Gasteiger partial charge in [0.25, 0.3) is 0 Å². The molecule has 1 aliphatic carbocycles. The lowest BCUT2D eigenvalue weighted by Crippen LogP contribution is -2.22. The largest absolute Gasteiger partial charge is 0.208 e. The number of nitrogens with zero attached hydrogens (tertiary/aromatic N) is 3. The molecule has 3 nitrogen and oxygen atoms in total. The Morgan fingerprint density at radius 2 is 0.862 bits per heavy atom. The SMILES string of the molecule is CC1(c2ccccc2)c2ccccc2-c2c(-c3ccc4cc(-c5nc(-c6ccccc6)nc(-c6c(-c7ccccc7)ccc7ccccc67)n5)ccc4c3)cccc21. The summed E-state index contributed by atoms with van der Waals surface area (Å²) in [6.07, 6.45) is 0. The lowest BCUT2D eigenvalue weighted by molar-refractivity contribution is 0.714. The fraction of sp³-hybridized carbons (Fsp3) is 0.0364. The Morgan fingerprint density at radius 3 is 1.64 bits per heavy atom. The van der Waals surface area contributed by atoms with E-state index in [0.29, 0.717) is 17.5 Å². The highest BCUT2D eigenvalue weighted by molar-refractivity contribution is 6.03. The summed E-state index contributed by atoms with van der Waals surface area (Å²) < 4.78 is 0. The topological polar surface area (TPSA) is 38.7 Å². The van der Waals surface area contributed by atoms with Crippen molar-refractivity contribution in [2.75, 3.05) is 0 Å². The van der Waals surface area contributed by atoms with Crippen LogP contribution in [-0.2, 0) is 5.41 Å². The van der Waals surface area contributed by atoms with Crippen LogP contribution in [0.5, 0.6) is 0 Å². The number of fused-ring (bicyclic) bond motifs is 5. The number of hydrogen-bond donors (Lipinski definition) is 0.